The maximum absolute atomic E-state index is 8.99. The van der Waals surface area contributed by atoms with E-state index in [1.165, 1.54) is 12.1 Å². The summed E-state index contributed by atoms with van der Waals surface area (Å²) in [7, 11) is 0. The molecule has 0 saturated heterocycles. The number of hydrogen-bond acceptors (Lipinski definition) is 2. The van der Waals surface area contributed by atoms with Crippen LogP contribution in [0.5, 0.6) is 5.75 Å². The van der Waals surface area contributed by atoms with E-state index in [1.54, 1.807) is 12.1 Å². The minimum absolute atomic E-state index is 0. The van der Waals surface area contributed by atoms with Gasteiger partial charge in [0.25, 0.3) is 0 Å². The highest BCUT2D eigenvalue weighted by molar-refractivity contribution is 5.85. The normalized spacial score (nSPS) is 15.7. The molecule has 1 aromatic carbocycles. The summed E-state index contributed by atoms with van der Waals surface area (Å²) in [6.45, 7) is -2.02. The van der Waals surface area contributed by atoms with E-state index in [1.807, 2.05) is 0 Å². The van der Waals surface area contributed by atoms with Gasteiger partial charge in [0.15, 0.2) is 0 Å². The van der Waals surface area contributed by atoms with Crippen LogP contribution in [0.3, 0.4) is 0 Å². The van der Waals surface area contributed by atoms with Crippen molar-refractivity contribution in [1.82, 2.24) is 0 Å². The Morgan fingerprint density at radius 3 is 2.64 bits per heavy atom. The smallest absolute Gasteiger partial charge is 0.118 e. The summed E-state index contributed by atoms with van der Waals surface area (Å²) in [6.07, 6.45) is -0.0553. The molecule has 0 heterocycles. The molecule has 2 nitrogen and oxygen atoms in total. The first-order chi connectivity index (χ1) is 6.42. The van der Waals surface area contributed by atoms with Crippen LogP contribution in [-0.4, -0.2) is 11.6 Å². The van der Waals surface area contributed by atoms with Gasteiger partial charge in [0.05, 0.1) is 0 Å². The van der Waals surface area contributed by atoms with E-state index in [2.05, 4.69) is 0 Å². The number of benzene rings is 1. The number of halogens is 1. The van der Waals surface area contributed by atoms with Crippen LogP contribution >= 0.6 is 12.4 Å². The predicted octanol–water partition coefficient (Wildman–Crippen LogP) is 1.32. The van der Waals surface area contributed by atoms with Gasteiger partial charge in [0, 0.05) is 2.74 Å². The van der Waals surface area contributed by atoms with Gasteiger partial charge in [-0.3, -0.25) is 0 Å². The van der Waals surface area contributed by atoms with Gasteiger partial charge < -0.3 is 10.8 Å². The molecule has 11 heavy (non-hydrogen) atoms. The van der Waals surface area contributed by atoms with Crippen LogP contribution in [0.25, 0.3) is 0 Å². The minimum atomic E-state index is -2.02. The SMILES string of the molecule is Cl.[2H]N([2H])C([2H])([2H])Cc1ccc(O)cc1. The first kappa shape index (κ1) is 5.01. The van der Waals surface area contributed by atoms with Crippen molar-refractivity contribution < 1.29 is 10.7 Å². The van der Waals surface area contributed by atoms with E-state index in [0.717, 1.165) is 0 Å². The summed E-state index contributed by atoms with van der Waals surface area (Å²) in [6, 6.07) is 6.03. The lowest BCUT2D eigenvalue weighted by Gasteiger charge is -1.96. The predicted molar refractivity (Wildman–Crippen MR) is 48.1 cm³/mol. The standard InChI is InChI=1S/C8H11NO.ClH/c9-6-5-7-1-3-8(10)4-2-7;/h1-4,10H,5-6,9H2;1H/i6D2;/hD2. The second kappa shape index (κ2) is 4.99. The summed E-state index contributed by atoms with van der Waals surface area (Å²) in [5.74, 6) is 0.114. The lowest BCUT2D eigenvalue weighted by atomic mass is 10.1. The topological polar surface area (TPSA) is 46.2 Å². The van der Waals surface area contributed by atoms with Crippen molar-refractivity contribution in [2.45, 2.75) is 6.42 Å². The number of phenolic OH excluding ortho intramolecular Hbond substituents is 1. The Labute approximate surface area is 78.2 Å². The van der Waals surface area contributed by atoms with Crippen molar-refractivity contribution in [3.63, 3.8) is 0 Å². The quantitative estimate of drug-likeness (QED) is 0.732. The lowest BCUT2D eigenvalue weighted by molar-refractivity contribution is 0.475. The summed E-state index contributed by atoms with van der Waals surface area (Å²) >= 11 is 0. The highest BCUT2D eigenvalue weighted by Gasteiger charge is 1.89. The van der Waals surface area contributed by atoms with Gasteiger partial charge in [-0.25, -0.2) is 0 Å². The summed E-state index contributed by atoms with van der Waals surface area (Å²) in [4.78, 5) is 0. The van der Waals surface area contributed by atoms with Crippen LogP contribution in [0, 0.1) is 0 Å². The second-order valence-electron chi connectivity index (χ2n) is 2.00. The van der Waals surface area contributed by atoms with Gasteiger partial charge in [-0.1, -0.05) is 12.1 Å². The van der Waals surface area contributed by atoms with E-state index in [0.29, 0.717) is 5.56 Å². The molecular formula is C8H12ClNO. The molecule has 3 N–H and O–H groups in total. The highest BCUT2D eigenvalue weighted by atomic mass is 35.5. The Kier molecular flexibility index (Phi) is 2.27. The Bertz CT molecular complexity index is 304. The molecule has 0 aliphatic rings. The molecule has 0 bridgehead atoms. The molecule has 0 atom stereocenters. The molecular weight excluding hydrogens is 162 g/mol. The largest absolute Gasteiger partial charge is 0.508 e. The van der Waals surface area contributed by atoms with Gasteiger partial charge in [-0.15, -0.1) is 12.4 Å². The van der Waals surface area contributed by atoms with Crippen LogP contribution in [0.4, 0.5) is 0 Å². The third kappa shape index (κ3) is 3.25. The van der Waals surface area contributed by atoms with Gasteiger partial charge >= 0.3 is 0 Å². The highest BCUT2D eigenvalue weighted by Crippen LogP contribution is 2.09. The molecule has 0 aliphatic carbocycles. The van der Waals surface area contributed by atoms with Crippen molar-refractivity contribution >= 4 is 12.4 Å². The maximum Gasteiger partial charge on any atom is 0.118 e. The average Bonchev–Trinajstić information content (AvgIpc) is 2.08. The number of rotatable bonds is 3. The fourth-order valence-electron chi connectivity index (χ4n) is 0.705. The van der Waals surface area contributed by atoms with Crippen molar-refractivity contribution in [2.24, 2.45) is 5.72 Å². The van der Waals surface area contributed by atoms with E-state index in [4.69, 9.17) is 10.7 Å². The Morgan fingerprint density at radius 2 is 2.09 bits per heavy atom. The van der Waals surface area contributed by atoms with Crippen molar-refractivity contribution in [2.75, 3.05) is 6.50 Å². The Hall–Kier alpha value is -0.730. The van der Waals surface area contributed by atoms with E-state index in [9.17, 15) is 0 Å². The molecule has 0 saturated carbocycles. The fraction of sp³-hybridized carbons (Fsp3) is 0.250. The second-order valence-corrected chi connectivity index (χ2v) is 2.00. The minimum Gasteiger partial charge on any atom is -0.508 e. The van der Waals surface area contributed by atoms with Gasteiger partial charge in [-0.2, -0.15) is 0 Å². The van der Waals surface area contributed by atoms with Gasteiger partial charge in [-0.05, 0) is 30.6 Å². The van der Waals surface area contributed by atoms with Crippen LogP contribution in [0.15, 0.2) is 24.3 Å². The fourth-order valence-corrected chi connectivity index (χ4v) is 0.705. The summed E-state index contributed by atoms with van der Waals surface area (Å²) < 4.78 is 28.3. The van der Waals surface area contributed by atoms with Crippen LogP contribution in [-0.2, 0) is 6.42 Å². The molecule has 0 aromatic heterocycles. The molecule has 0 fully saturated rings. The van der Waals surface area contributed by atoms with Crippen LogP contribution in [0.2, 0.25) is 2.82 Å². The molecule has 0 spiro atoms. The zero-order valence-corrected chi connectivity index (χ0v) is 6.64. The molecule has 1 rings (SSSR count). The molecule has 3 heteroatoms. The first-order valence-corrected chi connectivity index (χ1v) is 2.98. The summed E-state index contributed by atoms with van der Waals surface area (Å²) in [5.41, 5.74) is 0.678. The monoisotopic (exact) mass is 177 g/mol. The van der Waals surface area contributed by atoms with Crippen molar-refractivity contribution in [1.29, 1.82) is 0 Å². The Balaban J connectivity index is 0.00000196. The zero-order chi connectivity index (χ0) is 10.8. The third-order valence-electron chi connectivity index (χ3n) is 1.22. The van der Waals surface area contributed by atoms with Crippen molar-refractivity contribution in [3.8, 4) is 5.75 Å². The average molecular weight is 178 g/mol. The number of hydrogen-bond donors (Lipinski definition) is 2. The third-order valence-corrected chi connectivity index (χ3v) is 1.22. The lowest BCUT2D eigenvalue weighted by Crippen LogP contribution is -2.01. The Morgan fingerprint density at radius 1 is 1.45 bits per heavy atom. The van der Waals surface area contributed by atoms with Crippen LogP contribution in [0.1, 0.15) is 8.30 Å². The first-order valence-electron chi connectivity index (χ1n) is 4.87. The molecule has 0 amide bonds. The maximum atomic E-state index is 8.99. The number of phenols is 1. The van der Waals surface area contributed by atoms with E-state index >= 15 is 0 Å². The molecule has 0 radical (unpaired) electrons. The molecule has 1 aromatic rings. The summed E-state index contributed by atoms with van der Waals surface area (Å²) in [5, 5.41) is 8.99. The van der Waals surface area contributed by atoms with E-state index < -0.39 is 6.50 Å². The van der Waals surface area contributed by atoms with Crippen LogP contribution < -0.4 is 5.72 Å². The van der Waals surface area contributed by atoms with Gasteiger partial charge in [0.2, 0.25) is 0 Å². The number of aryl methyl sites for hydroxylation is 1. The van der Waals surface area contributed by atoms with E-state index in [-0.39, 0.29) is 30.3 Å². The van der Waals surface area contributed by atoms with Crippen molar-refractivity contribution in [3.05, 3.63) is 29.8 Å². The zero-order valence-electron chi connectivity index (χ0n) is 9.82. The number of nitrogens with two attached hydrogens (primary N) is 1. The molecule has 62 valence electrons. The molecule has 0 unspecified atom stereocenters. The number of aromatic hydroxyl groups is 1. The molecule has 0 aliphatic heterocycles. The van der Waals surface area contributed by atoms with Gasteiger partial charge in [0.1, 0.15) is 8.57 Å².